The van der Waals surface area contributed by atoms with Crippen LogP contribution >= 0.6 is 0 Å². The van der Waals surface area contributed by atoms with Gasteiger partial charge in [-0.3, -0.25) is 9.13 Å². The summed E-state index contributed by atoms with van der Waals surface area (Å²) < 4.78 is 2.85. The lowest BCUT2D eigenvalue weighted by Crippen LogP contribution is -2.23. The Morgan fingerprint density at radius 2 is 2.00 bits per heavy atom. The Labute approximate surface area is 112 Å². The number of aromatic nitrogens is 2. The maximum Gasteiger partial charge on any atom is 0.334 e. The number of rotatable bonds is 6. The lowest BCUT2D eigenvalue weighted by atomic mass is 10.2. The van der Waals surface area contributed by atoms with Gasteiger partial charge in [-0.05, 0) is 25.3 Å². The van der Waals surface area contributed by atoms with Crippen LogP contribution in [0.4, 0.5) is 5.82 Å². The number of allylic oxidation sites excluding steroid dienone is 4. The first-order valence-electron chi connectivity index (χ1n) is 5.69. The molecule has 0 aliphatic rings. The highest BCUT2D eigenvalue weighted by Gasteiger charge is 2.19. The first kappa shape index (κ1) is 14.5. The average molecular weight is 258 g/mol. The first-order chi connectivity index (χ1) is 8.99. The fraction of sp³-hybridized carbons (Fsp3) is 0.143. The van der Waals surface area contributed by atoms with Crippen molar-refractivity contribution in [2.45, 2.75) is 6.92 Å². The van der Waals surface area contributed by atoms with Crippen LogP contribution < -0.4 is 11.0 Å². The molecule has 1 aromatic rings. The Bertz CT molecular complexity index is 629. The second kappa shape index (κ2) is 5.86. The summed E-state index contributed by atoms with van der Waals surface area (Å²) in [6.07, 6.45) is 6.25. The largest absolute Gasteiger partial charge is 0.347 e. The summed E-state index contributed by atoms with van der Waals surface area (Å²) >= 11 is 0. The lowest BCUT2D eigenvalue weighted by Gasteiger charge is -2.08. The van der Waals surface area contributed by atoms with Crippen LogP contribution in [0.3, 0.4) is 0 Å². The molecule has 0 atom stereocenters. The molecule has 0 saturated heterocycles. The van der Waals surface area contributed by atoms with Gasteiger partial charge in [-0.15, -0.1) is 0 Å². The number of nitrogens with one attached hydrogen (secondary N) is 2. The van der Waals surface area contributed by atoms with Crippen molar-refractivity contribution < 1.29 is 0 Å². The van der Waals surface area contributed by atoms with E-state index in [1.54, 1.807) is 32.2 Å². The third-order valence-electron chi connectivity index (χ3n) is 2.61. The van der Waals surface area contributed by atoms with Gasteiger partial charge in [-0.1, -0.05) is 25.8 Å². The van der Waals surface area contributed by atoms with E-state index in [9.17, 15) is 4.79 Å². The predicted octanol–water partition coefficient (Wildman–Crippen LogP) is 2.34. The van der Waals surface area contributed by atoms with E-state index in [2.05, 4.69) is 25.1 Å². The molecule has 0 aliphatic heterocycles. The minimum Gasteiger partial charge on any atom is -0.347 e. The molecular weight excluding hydrogens is 240 g/mol. The van der Waals surface area contributed by atoms with Crippen molar-refractivity contribution in [2.75, 3.05) is 5.32 Å². The minimum absolute atomic E-state index is 0.263. The van der Waals surface area contributed by atoms with E-state index >= 15 is 0 Å². The summed E-state index contributed by atoms with van der Waals surface area (Å²) in [6.45, 7) is 12.5. The van der Waals surface area contributed by atoms with E-state index in [1.807, 2.05) is 0 Å². The van der Waals surface area contributed by atoms with Crippen molar-refractivity contribution in [3.05, 3.63) is 60.3 Å². The van der Waals surface area contributed by atoms with Crippen LogP contribution in [0.1, 0.15) is 12.6 Å². The number of imidazole rings is 1. The van der Waals surface area contributed by atoms with E-state index in [0.717, 1.165) is 0 Å². The summed E-state index contributed by atoms with van der Waals surface area (Å²) in [5, 5.41) is 10.8. The maximum absolute atomic E-state index is 12.3. The maximum atomic E-state index is 12.3. The van der Waals surface area contributed by atoms with Crippen molar-refractivity contribution in [1.29, 1.82) is 5.41 Å². The fourth-order valence-corrected chi connectivity index (χ4v) is 1.81. The minimum atomic E-state index is -0.265. The highest BCUT2D eigenvalue weighted by molar-refractivity contribution is 6.00. The standard InChI is InChI=1S/C14H18N4O/c1-6-9-11(7-2)18-12(10(4)15)13(16-8-3)17(5)14(18)19/h6-9,15-16H,1-3H2,4-5H3/b11-9+,15-10?. The first-order valence-corrected chi connectivity index (χ1v) is 5.69. The van der Waals surface area contributed by atoms with Crippen molar-refractivity contribution in [2.24, 2.45) is 7.05 Å². The normalized spacial score (nSPS) is 10.9. The van der Waals surface area contributed by atoms with Gasteiger partial charge in [0.25, 0.3) is 0 Å². The van der Waals surface area contributed by atoms with E-state index < -0.39 is 0 Å². The zero-order chi connectivity index (χ0) is 14.6. The quantitative estimate of drug-likeness (QED) is 0.607. The van der Waals surface area contributed by atoms with Gasteiger partial charge in [0.2, 0.25) is 0 Å². The smallest absolute Gasteiger partial charge is 0.334 e. The molecule has 0 amide bonds. The number of nitrogens with zero attached hydrogens (tertiary/aromatic N) is 2. The van der Waals surface area contributed by atoms with Crippen molar-refractivity contribution >= 4 is 17.2 Å². The molecule has 1 aromatic heterocycles. The van der Waals surface area contributed by atoms with Crippen LogP contribution in [0, 0.1) is 5.41 Å². The van der Waals surface area contributed by atoms with Crippen LogP contribution in [0.25, 0.3) is 5.70 Å². The van der Waals surface area contributed by atoms with Gasteiger partial charge in [0, 0.05) is 7.05 Å². The highest BCUT2D eigenvalue weighted by atomic mass is 16.1. The van der Waals surface area contributed by atoms with E-state index in [1.165, 1.54) is 15.3 Å². The molecule has 0 saturated carbocycles. The van der Waals surface area contributed by atoms with Gasteiger partial charge in [0.1, 0.15) is 11.5 Å². The molecule has 2 N–H and O–H groups in total. The molecule has 5 nitrogen and oxygen atoms in total. The SMILES string of the molecule is C=C/C=C(\C=C)n1c(C(C)=N)c(NC=C)n(C)c1=O. The molecule has 100 valence electrons. The van der Waals surface area contributed by atoms with Gasteiger partial charge in [-0.25, -0.2) is 4.79 Å². The van der Waals surface area contributed by atoms with Crippen LogP contribution in [-0.2, 0) is 7.05 Å². The van der Waals surface area contributed by atoms with Gasteiger partial charge < -0.3 is 10.7 Å². The number of hydrogen-bond acceptors (Lipinski definition) is 3. The number of hydrogen-bond donors (Lipinski definition) is 2. The van der Waals surface area contributed by atoms with E-state index in [0.29, 0.717) is 17.2 Å². The van der Waals surface area contributed by atoms with Gasteiger partial charge in [0.15, 0.2) is 0 Å². The molecule has 0 bridgehead atoms. The second-order valence-electron chi connectivity index (χ2n) is 3.88. The van der Waals surface area contributed by atoms with Crippen LogP contribution in [0.5, 0.6) is 0 Å². The molecule has 0 spiro atoms. The molecule has 5 heteroatoms. The summed E-state index contributed by atoms with van der Waals surface area (Å²) in [5.74, 6) is 0.518. The molecule has 1 rings (SSSR count). The third kappa shape index (κ3) is 2.49. The van der Waals surface area contributed by atoms with Crippen molar-refractivity contribution in [3.63, 3.8) is 0 Å². The van der Waals surface area contributed by atoms with Crippen LogP contribution in [0.15, 0.2) is 49.0 Å². The second-order valence-corrected chi connectivity index (χ2v) is 3.88. The lowest BCUT2D eigenvalue weighted by molar-refractivity contribution is 0.837. The van der Waals surface area contributed by atoms with Crippen LogP contribution in [0.2, 0.25) is 0 Å². The molecule has 19 heavy (non-hydrogen) atoms. The van der Waals surface area contributed by atoms with E-state index in [-0.39, 0.29) is 11.4 Å². The zero-order valence-corrected chi connectivity index (χ0v) is 11.2. The Balaban J connectivity index is 3.77. The van der Waals surface area contributed by atoms with Crippen molar-refractivity contribution in [3.8, 4) is 0 Å². The molecular formula is C14H18N4O. The molecule has 0 aromatic carbocycles. The summed E-state index contributed by atoms with van der Waals surface area (Å²) in [4.78, 5) is 12.3. The van der Waals surface area contributed by atoms with Gasteiger partial charge in [-0.2, -0.15) is 0 Å². The molecule has 0 radical (unpaired) electrons. The highest BCUT2D eigenvalue weighted by Crippen LogP contribution is 2.18. The van der Waals surface area contributed by atoms with Crippen LogP contribution in [-0.4, -0.2) is 14.8 Å². The Kier molecular flexibility index (Phi) is 4.47. The van der Waals surface area contributed by atoms with E-state index in [4.69, 9.17) is 5.41 Å². The zero-order valence-electron chi connectivity index (χ0n) is 11.2. The van der Waals surface area contributed by atoms with Crippen molar-refractivity contribution in [1.82, 2.24) is 9.13 Å². The fourth-order valence-electron chi connectivity index (χ4n) is 1.81. The monoisotopic (exact) mass is 258 g/mol. The topological polar surface area (TPSA) is 62.8 Å². The Morgan fingerprint density at radius 1 is 1.37 bits per heavy atom. The molecule has 1 heterocycles. The summed E-state index contributed by atoms with van der Waals surface area (Å²) in [5.41, 5.74) is 1.03. The predicted molar refractivity (Wildman–Crippen MR) is 80.7 cm³/mol. The van der Waals surface area contributed by atoms with Gasteiger partial charge >= 0.3 is 5.69 Å². The molecule has 0 aliphatic carbocycles. The van der Waals surface area contributed by atoms with Gasteiger partial charge in [0.05, 0.1) is 11.4 Å². The Hall–Kier alpha value is -2.56. The summed E-state index contributed by atoms with van der Waals surface area (Å²) in [6, 6.07) is 0. The summed E-state index contributed by atoms with van der Waals surface area (Å²) in [7, 11) is 1.63. The average Bonchev–Trinajstić information content (AvgIpc) is 2.61. The molecule has 0 fully saturated rings. The third-order valence-corrected chi connectivity index (χ3v) is 2.61. The Morgan fingerprint density at radius 3 is 2.42 bits per heavy atom. The molecule has 0 unspecified atom stereocenters. The number of anilines is 1.